The maximum absolute atomic E-state index is 11.6. The molecular weight excluding hydrogens is 276 g/mol. The lowest BCUT2D eigenvalue weighted by Gasteiger charge is -2.41. The van der Waals surface area contributed by atoms with Gasteiger partial charge in [-0.25, -0.2) is 0 Å². The SMILES string of the molecule is CCC1(C(=O)O)CCCN(c2cccc(Cl)c2C#N)C1. The van der Waals surface area contributed by atoms with E-state index < -0.39 is 11.4 Å². The van der Waals surface area contributed by atoms with Crippen molar-refractivity contribution in [1.82, 2.24) is 0 Å². The molecule has 0 bridgehead atoms. The van der Waals surface area contributed by atoms with E-state index in [1.54, 1.807) is 12.1 Å². The molecule has 1 aromatic rings. The van der Waals surface area contributed by atoms with Crippen molar-refractivity contribution in [2.75, 3.05) is 18.0 Å². The third-order valence-electron chi connectivity index (χ3n) is 4.15. The number of piperidine rings is 1. The summed E-state index contributed by atoms with van der Waals surface area (Å²) in [5.74, 6) is -0.759. The Kier molecular flexibility index (Phi) is 4.20. The summed E-state index contributed by atoms with van der Waals surface area (Å²) in [6, 6.07) is 7.42. The minimum Gasteiger partial charge on any atom is -0.481 e. The van der Waals surface area contributed by atoms with Crippen LogP contribution < -0.4 is 4.90 Å². The van der Waals surface area contributed by atoms with Gasteiger partial charge in [-0.2, -0.15) is 5.26 Å². The van der Waals surface area contributed by atoms with Gasteiger partial charge in [-0.15, -0.1) is 0 Å². The number of hydrogen-bond acceptors (Lipinski definition) is 3. The molecule has 0 radical (unpaired) electrons. The van der Waals surface area contributed by atoms with Crippen molar-refractivity contribution in [3.05, 3.63) is 28.8 Å². The van der Waals surface area contributed by atoms with Crippen LogP contribution in [0.2, 0.25) is 5.02 Å². The topological polar surface area (TPSA) is 64.3 Å². The maximum Gasteiger partial charge on any atom is 0.311 e. The number of nitrogens with zero attached hydrogens (tertiary/aromatic N) is 2. The number of carboxylic acids is 1. The lowest BCUT2D eigenvalue weighted by molar-refractivity contribution is -0.149. The second kappa shape index (κ2) is 5.72. The van der Waals surface area contributed by atoms with Crippen molar-refractivity contribution in [3.63, 3.8) is 0 Å². The highest BCUT2D eigenvalue weighted by Crippen LogP contribution is 2.37. The van der Waals surface area contributed by atoms with E-state index in [-0.39, 0.29) is 0 Å². The van der Waals surface area contributed by atoms with Crippen molar-refractivity contribution in [2.24, 2.45) is 5.41 Å². The molecule has 106 valence electrons. The molecule has 0 spiro atoms. The van der Waals surface area contributed by atoms with E-state index in [0.29, 0.717) is 30.0 Å². The Morgan fingerprint density at radius 3 is 2.95 bits per heavy atom. The monoisotopic (exact) mass is 292 g/mol. The van der Waals surface area contributed by atoms with Gasteiger partial charge in [0.15, 0.2) is 0 Å². The van der Waals surface area contributed by atoms with Crippen molar-refractivity contribution in [3.8, 4) is 6.07 Å². The Morgan fingerprint density at radius 2 is 2.35 bits per heavy atom. The average molecular weight is 293 g/mol. The normalized spacial score (nSPS) is 22.4. The molecule has 1 aliphatic heterocycles. The first-order chi connectivity index (χ1) is 9.54. The molecule has 20 heavy (non-hydrogen) atoms. The molecule has 0 saturated carbocycles. The average Bonchev–Trinajstić information content (AvgIpc) is 2.46. The Balaban J connectivity index is 2.37. The second-order valence-corrected chi connectivity index (χ2v) is 5.62. The van der Waals surface area contributed by atoms with E-state index in [0.717, 1.165) is 18.7 Å². The minimum absolute atomic E-state index is 0.410. The van der Waals surface area contributed by atoms with Gasteiger partial charge in [0.25, 0.3) is 0 Å². The summed E-state index contributed by atoms with van der Waals surface area (Å²) in [7, 11) is 0. The number of halogens is 1. The summed E-state index contributed by atoms with van der Waals surface area (Å²) in [5.41, 5.74) is 0.429. The van der Waals surface area contributed by atoms with Gasteiger partial charge in [0.2, 0.25) is 0 Å². The molecule has 1 saturated heterocycles. The molecule has 0 amide bonds. The van der Waals surface area contributed by atoms with Crippen molar-refractivity contribution >= 4 is 23.3 Å². The van der Waals surface area contributed by atoms with Gasteiger partial charge in [0.1, 0.15) is 6.07 Å². The number of carbonyl (C=O) groups is 1. The lowest BCUT2D eigenvalue weighted by Crippen LogP contribution is -2.47. The molecule has 1 aliphatic rings. The van der Waals surface area contributed by atoms with Gasteiger partial charge in [0, 0.05) is 13.1 Å². The first kappa shape index (κ1) is 14.7. The summed E-state index contributed by atoms with van der Waals surface area (Å²) >= 11 is 6.05. The molecule has 1 N–H and O–H groups in total. The highest BCUT2D eigenvalue weighted by atomic mass is 35.5. The van der Waals surface area contributed by atoms with E-state index in [2.05, 4.69) is 6.07 Å². The van der Waals surface area contributed by atoms with Gasteiger partial charge in [0.05, 0.1) is 21.7 Å². The van der Waals surface area contributed by atoms with Crippen LogP contribution in [-0.2, 0) is 4.79 Å². The van der Waals surface area contributed by atoms with Crippen LogP contribution in [0.4, 0.5) is 5.69 Å². The zero-order chi connectivity index (χ0) is 14.8. The number of anilines is 1. The van der Waals surface area contributed by atoms with Crippen LogP contribution in [0.25, 0.3) is 0 Å². The number of rotatable bonds is 3. The fourth-order valence-corrected chi connectivity index (χ4v) is 3.05. The molecule has 1 fully saturated rings. The summed E-state index contributed by atoms with van der Waals surface area (Å²) in [6.07, 6.45) is 2.07. The molecule has 1 heterocycles. The highest BCUT2D eigenvalue weighted by molar-refractivity contribution is 6.32. The number of aliphatic carboxylic acids is 1. The number of nitriles is 1. The van der Waals surface area contributed by atoms with Gasteiger partial charge < -0.3 is 10.0 Å². The van der Waals surface area contributed by atoms with E-state index in [9.17, 15) is 15.2 Å². The molecule has 5 heteroatoms. The third-order valence-corrected chi connectivity index (χ3v) is 4.47. The Hall–Kier alpha value is -1.73. The number of benzene rings is 1. The number of hydrogen-bond donors (Lipinski definition) is 1. The quantitative estimate of drug-likeness (QED) is 0.928. The smallest absolute Gasteiger partial charge is 0.311 e. The first-order valence-corrected chi connectivity index (χ1v) is 7.09. The molecular formula is C15H17ClN2O2. The number of carboxylic acid groups (broad SMARTS) is 1. The maximum atomic E-state index is 11.6. The largest absolute Gasteiger partial charge is 0.481 e. The van der Waals surface area contributed by atoms with Crippen molar-refractivity contribution in [2.45, 2.75) is 26.2 Å². The molecule has 2 rings (SSSR count). The van der Waals surface area contributed by atoms with Crippen molar-refractivity contribution in [1.29, 1.82) is 5.26 Å². The Morgan fingerprint density at radius 1 is 1.60 bits per heavy atom. The summed E-state index contributed by atoms with van der Waals surface area (Å²) in [5, 5.41) is 19.2. The predicted molar refractivity (Wildman–Crippen MR) is 78.0 cm³/mol. The third kappa shape index (κ3) is 2.46. The lowest BCUT2D eigenvalue weighted by atomic mass is 9.77. The molecule has 4 nitrogen and oxygen atoms in total. The summed E-state index contributed by atoms with van der Waals surface area (Å²) in [6.45, 7) is 3.08. The molecule has 0 aliphatic carbocycles. The minimum atomic E-state index is -0.759. The van der Waals surface area contributed by atoms with Crippen LogP contribution in [0.3, 0.4) is 0 Å². The van der Waals surface area contributed by atoms with E-state index >= 15 is 0 Å². The fourth-order valence-electron chi connectivity index (χ4n) is 2.84. The second-order valence-electron chi connectivity index (χ2n) is 5.21. The summed E-state index contributed by atoms with van der Waals surface area (Å²) in [4.78, 5) is 13.6. The van der Waals surface area contributed by atoms with Crippen LogP contribution in [0.1, 0.15) is 31.7 Å². The van der Waals surface area contributed by atoms with Crippen LogP contribution in [-0.4, -0.2) is 24.2 Å². The van der Waals surface area contributed by atoms with Gasteiger partial charge >= 0.3 is 5.97 Å². The Labute approximate surface area is 123 Å². The van der Waals surface area contributed by atoms with Gasteiger partial charge in [-0.05, 0) is 31.4 Å². The fraction of sp³-hybridized carbons (Fsp3) is 0.467. The predicted octanol–water partition coefficient (Wildman–Crippen LogP) is 3.29. The first-order valence-electron chi connectivity index (χ1n) is 6.71. The standard InChI is InChI=1S/C15H17ClN2O2/c1-2-15(14(19)20)7-4-8-18(10-15)13-6-3-5-12(16)11(13)9-17/h3,5-6H,2,4,7-8,10H2,1H3,(H,19,20). The van der Waals surface area contributed by atoms with E-state index in [1.807, 2.05) is 17.9 Å². The van der Waals surface area contributed by atoms with Gasteiger partial charge in [-0.3, -0.25) is 4.79 Å². The van der Waals surface area contributed by atoms with Crippen LogP contribution in [0, 0.1) is 16.7 Å². The van der Waals surface area contributed by atoms with E-state index in [1.165, 1.54) is 0 Å². The molecule has 0 aromatic heterocycles. The van der Waals surface area contributed by atoms with Crippen molar-refractivity contribution < 1.29 is 9.90 Å². The van der Waals surface area contributed by atoms with Crippen LogP contribution in [0.5, 0.6) is 0 Å². The molecule has 1 atom stereocenters. The molecule has 1 unspecified atom stereocenters. The zero-order valence-corrected chi connectivity index (χ0v) is 12.2. The Bertz CT molecular complexity index is 567. The zero-order valence-electron chi connectivity index (χ0n) is 11.4. The highest BCUT2D eigenvalue weighted by Gasteiger charge is 2.41. The van der Waals surface area contributed by atoms with Gasteiger partial charge in [-0.1, -0.05) is 24.6 Å². The van der Waals surface area contributed by atoms with E-state index in [4.69, 9.17) is 11.6 Å². The van der Waals surface area contributed by atoms with Crippen LogP contribution >= 0.6 is 11.6 Å². The van der Waals surface area contributed by atoms with Crippen LogP contribution in [0.15, 0.2) is 18.2 Å². The molecule has 1 aromatic carbocycles. The summed E-state index contributed by atoms with van der Waals surface area (Å²) < 4.78 is 0.